The summed E-state index contributed by atoms with van der Waals surface area (Å²) >= 11 is 0. The molecule has 0 radical (unpaired) electrons. The number of nitrogens with one attached hydrogen (secondary N) is 2. The van der Waals surface area contributed by atoms with Gasteiger partial charge in [-0.1, -0.05) is 30.3 Å². The molecule has 0 saturated carbocycles. The Morgan fingerprint density at radius 1 is 1.00 bits per heavy atom. The number of aromatic nitrogens is 4. The molecule has 22 heavy (non-hydrogen) atoms. The number of para-hydroxylation sites is 2. The molecular formula is C15H10N6O. The zero-order chi connectivity index (χ0) is 14.7. The largest absolute Gasteiger partial charge is 0.349 e. The van der Waals surface area contributed by atoms with Crippen molar-refractivity contribution in [2.24, 2.45) is 0 Å². The van der Waals surface area contributed by atoms with Crippen molar-refractivity contribution in [1.29, 1.82) is 0 Å². The van der Waals surface area contributed by atoms with Crippen molar-refractivity contribution in [2.75, 3.05) is 10.6 Å². The van der Waals surface area contributed by atoms with E-state index >= 15 is 0 Å². The predicted molar refractivity (Wildman–Crippen MR) is 79.0 cm³/mol. The van der Waals surface area contributed by atoms with Crippen LogP contribution < -0.4 is 10.6 Å². The molecule has 2 N–H and O–H groups in total. The molecule has 1 aromatic heterocycles. The van der Waals surface area contributed by atoms with E-state index in [4.69, 9.17) is 0 Å². The average Bonchev–Trinajstić information content (AvgIpc) is 3.13. The molecule has 1 spiro atoms. The van der Waals surface area contributed by atoms with E-state index in [1.54, 1.807) is 4.68 Å². The number of amides is 1. The van der Waals surface area contributed by atoms with E-state index in [-0.39, 0.29) is 5.91 Å². The van der Waals surface area contributed by atoms with E-state index < -0.39 is 5.66 Å². The van der Waals surface area contributed by atoms with Crippen molar-refractivity contribution in [2.45, 2.75) is 5.66 Å². The van der Waals surface area contributed by atoms with Gasteiger partial charge in [-0.2, -0.15) is 4.68 Å². The van der Waals surface area contributed by atoms with Gasteiger partial charge < -0.3 is 10.6 Å². The first-order valence-electron chi connectivity index (χ1n) is 6.88. The number of fused-ring (bicyclic) bond motifs is 6. The van der Waals surface area contributed by atoms with Crippen LogP contribution in [0.2, 0.25) is 0 Å². The number of nitrogens with zero attached hydrogens (tertiary/aromatic N) is 4. The molecule has 0 aliphatic carbocycles. The number of tetrazole rings is 1. The SMILES string of the molecule is O=C1Nc2ccccc2C12Nc1ccccc1-c1nnnn12. The minimum Gasteiger partial charge on any atom is -0.349 e. The Labute approximate surface area is 125 Å². The lowest BCUT2D eigenvalue weighted by Gasteiger charge is -2.34. The van der Waals surface area contributed by atoms with Gasteiger partial charge in [0.15, 0.2) is 5.82 Å². The maximum Gasteiger partial charge on any atom is 0.278 e. The second-order valence-corrected chi connectivity index (χ2v) is 5.29. The van der Waals surface area contributed by atoms with Gasteiger partial charge in [0.25, 0.3) is 5.91 Å². The lowest BCUT2D eigenvalue weighted by molar-refractivity contribution is -0.121. The summed E-state index contributed by atoms with van der Waals surface area (Å²) in [5.41, 5.74) is 2.12. The summed E-state index contributed by atoms with van der Waals surface area (Å²) in [6.45, 7) is 0. The molecule has 7 heteroatoms. The Morgan fingerprint density at radius 3 is 2.68 bits per heavy atom. The Bertz CT molecular complexity index is 933. The van der Waals surface area contributed by atoms with Gasteiger partial charge in [0.2, 0.25) is 5.66 Å². The zero-order valence-electron chi connectivity index (χ0n) is 11.3. The Balaban J connectivity index is 1.87. The molecule has 1 amide bonds. The molecule has 2 aliphatic heterocycles. The minimum absolute atomic E-state index is 0.197. The van der Waals surface area contributed by atoms with E-state index in [2.05, 4.69) is 26.2 Å². The van der Waals surface area contributed by atoms with Crippen LogP contribution in [0.15, 0.2) is 48.5 Å². The normalized spacial score (nSPS) is 20.8. The topological polar surface area (TPSA) is 84.7 Å². The van der Waals surface area contributed by atoms with E-state index in [1.807, 2.05) is 48.5 Å². The fraction of sp³-hybridized carbons (Fsp3) is 0.0667. The summed E-state index contributed by atoms with van der Waals surface area (Å²) in [5.74, 6) is 0.373. The molecule has 1 atom stereocenters. The molecule has 7 nitrogen and oxygen atoms in total. The van der Waals surface area contributed by atoms with Crippen LogP contribution in [0.4, 0.5) is 11.4 Å². The van der Waals surface area contributed by atoms with Crippen molar-refractivity contribution in [3.05, 3.63) is 54.1 Å². The van der Waals surface area contributed by atoms with E-state index in [1.165, 1.54) is 0 Å². The summed E-state index contributed by atoms with van der Waals surface area (Å²) in [7, 11) is 0. The molecule has 1 unspecified atom stereocenters. The molecule has 0 bridgehead atoms. The Hall–Kier alpha value is -3.22. The number of rotatable bonds is 0. The van der Waals surface area contributed by atoms with Crippen molar-refractivity contribution >= 4 is 17.3 Å². The van der Waals surface area contributed by atoms with Crippen molar-refractivity contribution < 1.29 is 4.79 Å². The molecule has 0 fully saturated rings. The molecule has 3 heterocycles. The predicted octanol–water partition coefficient (Wildman–Crippen LogP) is 1.42. The van der Waals surface area contributed by atoms with Gasteiger partial charge in [-0.05, 0) is 28.6 Å². The summed E-state index contributed by atoms with van der Waals surface area (Å²) in [6, 6.07) is 15.2. The second kappa shape index (κ2) is 3.70. The summed E-state index contributed by atoms with van der Waals surface area (Å²) in [6.07, 6.45) is 0. The molecule has 5 rings (SSSR count). The van der Waals surface area contributed by atoms with Crippen molar-refractivity contribution in [1.82, 2.24) is 20.2 Å². The zero-order valence-corrected chi connectivity index (χ0v) is 11.3. The van der Waals surface area contributed by atoms with Crippen molar-refractivity contribution in [3.8, 4) is 11.4 Å². The summed E-state index contributed by atoms with van der Waals surface area (Å²) in [4.78, 5) is 12.8. The van der Waals surface area contributed by atoms with Crippen LogP contribution in [-0.4, -0.2) is 26.1 Å². The molecule has 106 valence electrons. The highest BCUT2D eigenvalue weighted by atomic mass is 16.2. The smallest absolute Gasteiger partial charge is 0.278 e. The maximum atomic E-state index is 12.8. The van der Waals surface area contributed by atoms with Crippen LogP contribution in [0.1, 0.15) is 5.56 Å². The van der Waals surface area contributed by atoms with Crippen LogP contribution in [-0.2, 0) is 10.5 Å². The average molecular weight is 290 g/mol. The number of hydrogen-bond acceptors (Lipinski definition) is 5. The number of carbonyl (C=O) groups is 1. The first-order chi connectivity index (χ1) is 10.8. The molecule has 2 aliphatic rings. The third kappa shape index (κ3) is 1.17. The Morgan fingerprint density at radius 2 is 1.77 bits per heavy atom. The number of hydrogen-bond donors (Lipinski definition) is 2. The summed E-state index contributed by atoms with van der Waals surface area (Å²) < 4.78 is 1.55. The highest BCUT2D eigenvalue weighted by molar-refractivity contribution is 6.09. The fourth-order valence-electron chi connectivity index (χ4n) is 3.19. The molecule has 3 aromatic rings. The number of carbonyl (C=O) groups excluding carboxylic acids is 1. The van der Waals surface area contributed by atoms with Gasteiger partial charge in [-0.3, -0.25) is 4.79 Å². The minimum atomic E-state index is -1.15. The van der Waals surface area contributed by atoms with E-state index in [0.717, 1.165) is 22.5 Å². The number of benzene rings is 2. The lowest BCUT2D eigenvalue weighted by atomic mass is 9.96. The van der Waals surface area contributed by atoms with Crippen LogP contribution in [0.25, 0.3) is 11.4 Å². The van der Waals surface area contributed by atoms with Gasteiger partial charge in [0, 0.05) is 22.5 Å². The number of anilines is 2. The van der Waals surface area contributed by atoms with Gasteiger partial charge >= 0.3 is 0 Å². The monoisotopic (exact) mass is 290 g/mol. The highest BCUT2D eigenvalue weighted by Gasteiger charge is 2.53. The van der Waals surface area contributed by atoms with Gasteiger partial charge in [0.1, 0.15) is 0 Å². The van der Waals surface area contributed by atoms with E-state index in [9.17, 15) is 4.79 Å². The van der Waals surface area contributed by atoms with Gasteiger partial charge in [-0.25, -0.2) is 0 Å². The van der Waals surface area contributed by atoms with Gasteiger partial charge in [-0.15, -0.1) is 5.10 Å². The van der Waals surface area contributed by atoms with Gasteiger partial charge in [0.05, 0.1) is 0 Å². The first kappa shape index (κ1) is 11.4. The molecule has 0 saturated heterocycles. The highest BCUT2D eigenvalue weighted by Crippen LogP contribution is 2.45. The standard InChI is InChI=1S/C15H10N6O/c22-14-15(10-6-2-4-8-12(10)16-14)17-11-7-3-1-5-9(11)13-18-19-20-21(13)15/h1-8,17H,(H,16,22). The third-order valence-corrected chi connectivity index (χ3v) is 4.16. The quantitative estimate of drug-likeness (QED) is 0.654. The van der Waals surface area contributed by atoms with E-state index in [0.29, 0.717) is 5.82 Å². The van der Waals surface area contributed by atoms with Crippen molar-refractivity contribution in [3.63, 3.8) is 0 Å². The molecule has 2 aromatic carbocycles. The van der Waals surface area contributed by atoms with Crippen LogP contribution >= 0.6 is 0 Å². The van der Waals surface area contributed by atoms with Crippen LogP contribution in [0.5, 0.6) is 0 Å². The fourth-order valence-corrected chi connectivity index (χ4v) is 3.19. The second-order valence-electron chi connectivity index (χ2n) is 5.29. The Kier molecular flexibility index (Phi) is 1.92. The third-order valence-electron chi connectivity index (χ3n) is 4.16. The first-order valence-corrected chi connectivity index (χ1v) is 6.88. The maximum absolute atomic E-state index is 12.8. The van der Waals surface area contributed by atoms with Crippen LogP contribution in [0, 0.1) is 0 Å². The lowest BCUT2D eigenvalue weighted by Crippen LogP contribution is -2.51. The van der Waals surface area contributed by atoms with Crippen LogP contribution in [0.3, 0.4) is 0 Å². The molecular weight excluding hydrogens is 280 g/mol. The summed E-state index contributed by atoms with van der Waals surface area (Å²) in [5, 5.41) is 18.2.